The Morgan fingerprint density at radius 1 is 1.30 bits per heavy atom. The van der Waals surface area contributed by atoms with E-state index in [4.69, 9.17) is 4.74 Å². The molecule has 0 atom stereocenters. The second-order valence-corrected chi connectivity index (χ2v) is 7.49. The molecule has 132 valence electrons. The number of aliphatic imine (C=N–C) groups is 1. The van der Waals surface area contributed by atoms with Crippen molar-refractivity contribution in [1.82, 2.24) is 15.1 Å². The Morgan fingerprint density at radius 2 is 2.00 bits per heavy atom. The minimum Gasteiger partial charge on any atom is -0.444 e. The number of likely N-dealkylation sites (tertiary alicyclic amines) is 1. The number of nitrogens with one attached hydrogen (secondary N) is 1. The highest BCUT2D eigenvalue weighted by Crippen LogP contribution is 2.13. The van der Waals surface area contributed by atoms with Gasteiger partial charge in [-0.15, -0.1) is 0 Å². The van der Waals surface area contributed by atoms with Crippen LogP contribution in [0.3, 0.4) is 0 Å². The molecular formula is C17H32N4O2. The number of carbonyl (C=O) groups excluding carboxylic acids is 1. The molecule has 1 N–H and O–H groups in total. The summed E-state index contributed by atoms with van der Waals surface area (Å²) >= 11 is 0. The summed E-state index contributed by atoms with van der Waals surface area (Å²) in [7, 11) is 0. The van der Waals surface area contributed by atoms with Gasteiger partial charge in [0, 0.05) is 25.7 Å². The molecule has 1 amide bonds. The molecule has 0 unspecified atom stereocenters. The van der Waals surface area contributed by atoms with E-state index >= 15 is 0 Å². The van der Waals surface area contributed by atoms with E-state index in [1.165, 1.54) is 13.0 Å². The number of rotatable bonds is 3. The number of hydrogen-bond donors (Lipinski definition) is 1. The van der Waals surface area contributed by atoms with Crippen LogP contribution in [0.25, 0.3) is 0 Å². The Balaban J connectivity index is 1.78. The van der Waals surface area contributed by atoms with Crippen molar-refractivity contribution in [3.05, 3.63) is 0 Å². The molecule has 0 aromatic carbocycles. The maximum atomic E-state index is 12.2. The predicted octanol–water partition coefficient (Wildman–Crippen LogP) is 2.10. The molecule has 1 saturated heterocycles. The lowest BCUT2D eigenvalue weighted by molar-refractivity contribution is 0.0275. The van der Waals surface area contributed by atoms with Gasteiger partial charge in [-0.25, -0.2) is 4.79 Å². The lowest BCUT2D eigenvalue weighted by Gasteiger charge is -2.35. The molecule has 0 radical (unpaired) electrons. The van der Waals surface area contributed by atoms with Gasteiger partial charge in [0.1, 0.15) is 11.4 Å². The number of amidine groups is 1. The smallest absolute Gasteiger partial charge is 0.410 e. The quantitative estimate of drug-likeness (QED) is 0.864. The number of amides is 1. The van der Waals surface area contributed by atoms with Gasteiger partial charge in [-0.05, 0) is 46.6 Å². The van der Waals surface area contributed by atoms with Gasteiger partial charge >= 0.3 is 6.09 Å². The van der Waals surface area contributed by atoms with Crippen LogP contribution >= 0.6 is 0 Å². The van der Waals surface area contributed by atoms with E-state index in [-0.39, 0.29) is 6.09 Å². The Hall–Kier alpha value is -1.30. The molecular weight excluding hydrogens is 292 g/mol. The summed E-state index contributed by atoms with van der Waals surface area (Å²) in [5.41, 5.74) is -0.453. The van der Waals surface area contributed by atoms with Crippen molar-refractivity contribution in [2.24, 2.45) is 4.99 Å². The summed E-state index contributed by atoms with van der Waals surface area (Å²) in [5, 5.41) is 3.54. The highest BCUT2D eigenvalue weighted by molar-refractivity contribution is 5.88. The first kappa shape index (κ1) is 18.0. The summed E-state index contributed by atoms with van der Waals surface area (Å²) < 4.78 is 5.45. The van der Waals surface area contributed by atoms with E-state index in [1.54, 1.807) is 4.90 Å². The fourth-order valence-corrected chi connectivity index (χ4v) is 3.04. The third-order valence-electron chi connectivity index (χ3n) is 4.16. The zero-order valence-corrected chi connectivity index (χ0v) is 15.1. The van der Waals surface area contributed by atoms with E-state index in [1.807, 2.05) is 20.8 Å². The van der Waals surface area contributed by atoms with Crippen molar-refractivity contribution >= 4 is 11.9 Å². The molecule has 6 nitrogen and oxygen atoms in total. The fraction of sp³-hybridized carbons (Fsp3) is 0.882. The molecule has 0 aliphatic carbocycles. The molecule has 2 rings (SSSR count). The standard InChI is InChI=1S/C17H32N4O2/c1-5-9-20-10-6-14(7-11-20)19-15-13-21(12-8-18-15)16(22)23-17(2,3)4/h14H,5-13H2,1-4H3,(H,18,19). The summed E-state index contributed by atoms with van der Waals surface area (Å²) in [5.74, 6) is 0.927. The van der Waals surface area contributed by atoms with Crippen LogP contribution in [0.1, 0.15) is 47.0 Å². The average molecular weight is 324 g/mol. The van der Waals surface area contributed by atoms with E-state index in [0.717, 1.165) is 31.8 Å². The zero-order chi connectivity index (χ0) is 16.9. The highest BCUT2D eigenvalue weighted by Gasteiger charge is 2.26. The van der Waals surface area contributed by atoms with Gasteiger partial charge in [0.15, 0.2) is 0 Å². The summed E-state index contributed by atoms with van der Waals surface area (Å²) in [6.07, 6.45) is 3.26. The Labute approximate surface area is 140 Å². The summed E-state index contributed by atoms with van der Waals surface area (Å²) in [6, 6.07) is 0.473. The molecule has 0 bridgehead atoms. The average Bonchev–Trinajstić information content (AvgIpc) is 2.48. The number of ether oxygens (including phenoxy) is 1. The lowest BCUT2D eigenvalue weighted by atomic mass is 10.0. The second kappa shape index (κ2) is 7.99. The van der Waals surface area contributed by atoms with Gasteiger partial charge in [0.2, 0.25) is 0 Å². The fourth-order valence-electron chi connectivity index (χ4n) is 3.04. The minimum atomic E-state index is -0.453. The SMILES string of the molecule is CCCN1CCC(NC2=NCCN(C(=O)OC(C)(C)C)C2)CC1. The van der Waals surface area contributed by atoms with Crippen LogP contribution < -0.4 is 5.32 Å². The van der Waals surface area contributed by atoms with Crippen molar-refractivity contribution in [2.45, 2.75) is 58.6 Å². The minimum absolute atomic E-state index is 0.246. The van der Waals surface area contributed by atoms with E-state index in [2.05, 4.69) is 22.1 Å². The predicted molar refractivity (Wildman–Crippen MR) is 93.0 cm³/mol. The molecule has 6 heteroatoms. The molecule has 0 aromatic rings. The van der Waals surface area contributed by atoms with Crippen LogP contribution in [0.5, 0.6) is 0 Å². The van der Waals surface area contributed by atoms with Crippen LogP contribution in [0, 0.1) is 0 Å². The number of hydrogen-bond acceptors (Lipinski definition) is 5. The van der Waals surface area contributed by atoms with Gasteiger partial charge in [0.25, 0.3) is 0 Å². The van der Waals surface area contributed by atoms with E-state index in [9.17, 15) is 4.79 Å². The Kier molecular flexibility index (Phi) is 6.27. The second-order valence-electron chi connectivity index (χ2n) is 7.49. The van der Waals surface area contributed by atoms with Gasteiger partial charge in [0.05, 0.1) is 13.1 Å². The maximum Gasteiger partial charge on any atom is 0.410 e. The van der Waals surface area contributed by atoms with E-state index in [0.29, 0.717) is 25.7 Å². The molecule has 2 heterocycles. The number of carbonyl (C=O) groups is 1. The number of nitrogens with zero attached hydrogens (tertiary/aromatic N) is 3. The third-order valence-corrected chi connectivity index (χ3v) is 4.16. The first-order valence-corrected chi connectivity index (χ1v) is 8.87. The molecule has 1 fully saturated rings. The monoisotopic (exact) mass is 324 g/mol. The maximum absolute atomic E-state index is 12.2. The van der Waals surface area contributed by atoms with E-state index < -0.39 is 5.60 Å². The van der Waals surface area contributed by atoms with Crippen molar-refractivity contribution in [2.75, 3.05) is 39.3 Å². The van der Waals surface area contributed by atoms with Crippen LogP contribution in [0.4, 0.5) is 4.79 Å². The molecule has 0 spiro atoms. The van der Waals surface area contributed by atoms with Crippen LogP contribution in [0.2, 0.25) is 0 Å². The highest BCUT2D eigenvalue weighted by atomic mass is 16.6. The molecule has 2 aliphatic heterocycles. The molecule has 0 saturated carbocycles. The van der Waals surface area contributed by atoms with Gasteiger partial charge in [-0.1, -0.05) is 6.92 Å². The van der Waals surface area contributed by atoms with Crippen molar-refractivity contribution in [3.8, 4) is 0 Å². The van der Waals surface area contributed by atoms with Crippen molar-refractivity contribution in [1.29, 1.82) is 0 Å². The third kappa shape index (κ3) is 6.01. The Morgan fingerprint density at radius 3 is 2.61 bits per heavy atom. The Bertz CT molecular complexity index is 423. The zero-order valence-electron chi connectivity index (χ0n) is 15.1. The first-order chi connectivity index (χ1) is 10.9. The molecule has 0 aromatic heterocycles. The topological polar surface area (TPSA) is 57.2 Å². The summed E-state index contributed by atoms with van der Waals surface area (Å²) in [6.45, 7) is 13.2. The lowest BCUT2D eigenvalue weighted by Crippen LogP contribution is -2.51. The van der Waals surface area contributed by atoms with Gasteiger partial charge in [-0.3, -0.25) is 9.89 Å². The number of piperidine rings is 1. The summed E-state index contributed by atoms with van der Waals surface area (Å²) in [4.78, 5) is 21.0. The normalized spacial score (nSPS) is 21.0. The van der Waals surface area contributed by atoms with Crippen molar-refractivity contribution in [3.63, 3.8) is 0 Å². The van der Waals surface area contributed by atoms with Gasteiger partial charge in [-0.2, -0.15) is 0 Å². The van der Waals surface area contributed by atoms with Crippen LogP contribution in [0.15, 0.2) is 4.99 Å². The molecule has 2 aliphatic rings. The van der Waals surface area contributed by atoms with Gasteiger partial charge < -0.3 is 15.0 Å². The largest absolute Gasteiger partial charge is 0.444 e. The van der Waals surface area contributed by atoms with Crippen molar-refractivity contribution < 1.29 is 9.53 Å². The molecule has 23 heavy (non-hydrogen) atoms. The van der Waals surface area contributed by atoms with Crippen LogP contribution in [-0.4, -0.2) is 72.6 Å². The first-order valence-electron chi connectivity index (χ1n) is 8.87. The van der Waals surface area contributed by atoms with Crippen LogP contribution in [-0.2, 0) is 4.74 Å².